The van der Waals surface area contributed by atoms with Gasteiger partial charge in [0.25, 0.3) is 0 Å². The van der Waals surface area contributed by atoms with Crippen molar-refractivity contribution in [1.29, 1.82) is 5.26 Å². The first-order chi connectivity index (χ1) is 9.47. The summed E-state index contributed by atoms with van der Waals surface area (Å²) in [5, 5.41) is 18.2. The summed E-state index contributed by atoms with van der Waals surface area (Å²) in [5.74, 6) is -0.338. The molecule has 0 heterocycles. The van der Waals surface area contributed by atoms with E-state index in [1.54, 1.807) is 23.1 Å². The number of carboxylic acids is 1. The predicted octanol–water partition coefficient (Wildman–Crippen LogP) is 1.02. The van der Waals surface area contributed by atoms with E-state index < -0.39 is 5.97 Å². The summed E-state index contributed by atoms with van der Waals surface area (Å²) in [6.45, 7) is 1.05. The second-order valence-corrected chi connectivity index (χ2v) is 4.61. The van der Waals surface area contributed by atoms with Gasteiger partial charge in [-0.3, -0.25) is 4.79 Å². The van der Waals surface area contributed by atoms with E-state index in [4.69, 9.17) is 15.1 Å². The standard InChI is InChI=1S/C14H19N3O3/c1-16(2)6-7-17(10-14(18)19)13-8-12(20-3)5-4-11(13)9-15/h4-5,8H,6-7,10H2,1-3H3,(H,18,19). The van der Waals surface area contributed by atoms with E-state index in [0.29, 0.717) is 30.1 Å². The van der Waals surface area contributed by atoms with Gasteiger partial charge in [0.05, 0.1) is 18.4 Å². The number of nitriles is 1. The highest BCUT2D eigenvalue weighted by Gasteiger charge is 2.15. The van der Waals surface area contributed by atoms with Crippen molar-refractivity contribution in [2.75, 3.05) is 45.7 Å². The van der Waals surface area contributed by atoms with Gasteiger partial charge in [-0.2, -0.15) is 5.26 Å². The van der Waals surface area contributed by atoms with Crippen LogP contribution in [0.4, 0.5) is 5.69 Å². The Bertz CT molecular complexity index is 509. The molecule has 6 heteroatoms. The Morgan fingerprint density at radius 3 is 2.60 bits per heavy atom. The molecule has 0 saturated carbocycles. The SMILES string of the molecule is COc1ccc(C#N)c(N(CCN(C)C)CC(=O)O)c1. The Labute approximate surface area is 118 Å². The third kappa shape index (κ3) is 4.44. The largest absolute Gasteiger partial charge is 0.497 e. The number of nitrogens with zero attached hydrogens (tertiary/aromatic N) is 3. The number of anilines is 1. The molecule has 1 aromatic carbocycles. The maximum Gasteiger partial charge on any atom is 0.323 e. The Morgan fingerprint density at radius 1 is 1.40 bits per heavy atom. The molecule has 0 saturated heterocycles. The Morgan fingerprint density at radius 2 is 2.10 bits per heavy atom. The molecule has 0 spiro atoms. The van der Waals surface area contributed by atoms with Crippen LogP contribution in [0, 0.1) is 11.3 Å². The summed E-state index contributed by atoms with van der Waals surface area (Å²) in [7, 11) is 5.36. The van der Waals surface area contributed by atoms with Gasteiger partial charge in [0.15, 0.2) is 0 Å². The van der Waals surface area contributed by atoms with Gasteiger partial charge in [-0.25, -0.2) is 0 Å². The molecule has 0 fully saturated rings. The van der Waals surface area contributed by atoms with Crippen LogP contribution in [0.1, 0.15) is 5.56 Å². The lowest BCUT2D eigenvalue weighted by Gasteiger charge is -2.25. The number of hydrogen-bond acceptors (Lipinski definition) is 5. The molecule has 1 rings (SSSR count). The summed E-state index contributed by atoms with van der Waals surface area (Å²) in [6, 6.07) is 7.10. The minimum atomic E-state index is -0.935. The number of hydrogen-bond donors (Lipinski definition) is 1. The van der Waals surface area contributed by atoms with E-state index in [1.165, 1.54) is 7.11 Å². The van der Waals surface area contributed by atoms with Gasteiger partial charge in [-0.1, -0.05) is 0 Å². The van der Waals surface area contributed by atoms with Crippen molar-refractivity contribution in [2.24, 2.45) is 0 Å². The Balaban J connectivity index is 3.10. The van der Waals surface area contributed by atoms with Gasteiger partial charge in [-0.05, 0) is 26.2 Å². The smallest absolute Gasteiger partial charge is 0.323 e. The zero-order valence-electron chi connectivity index (χ0n) is 12.0. The monoisotopic (exact) mass is 277 g/mol. The fourth-order valence-corrected chi connectivity index (χ4v) is 1.76. The van der Waals surface area contributed by atoms with Gasteiger partial charge >= 0.3 is 5.97 Å². The zero-order valence-corrected chi connectivity index (χ0v) is 12.0. The zero-order chi connectivity index (χ0) is 15.1. The van der Waals surface area contributed by atoms with Crippen molar-refractivity contribution in [2.45, 2.75) is 0 Å². The van der Waals surface area contributed by atoms with Gasteiger partial charge in [0.1, 0.15) is 18.4 Å². The van der Waals surface area contributed by atoms with Gasteiger partial charge < -0.3 is 19.6 Å². The number of rotatable bonds is 7. The lowest BCUT2D eigenvalue weighted by molar-refractivity contribution is -0.135. The number of aliphatic carboxylic acids is 1. The molecule has 0 aliphatic carbocycles. The molecule has 0 aliphatic heterocycles. The van der Waals surface area contributed by atoms with Crippen LogP contribution in [0.25, 0.3) is 0 Å². The highest BCUT2D eigenvalue weighted by Crippen LogP contribution is 2.25. The molecule has 108 valence electrons. The van der Waals surface area contributed by atoms with Crippen LogP contribution in [0.2, 0.25) is 0 Å². The first-order valence-corrected chi connectivity index (χ1v) is 6.17. The molecule has 6 nitrogen and oxygen atoms in total. The second-order valence-electron chi connectivity index (χ2n) is 4.61. The van der Waals surface area contributed by atoms with Gasteiger partial charge in [0.2, 0.25) is 0 Å². The average Bonchev–Trinajstić information content (AvgIpc) is 2.42. The predicted molar refractivity (Wildman–Crippen MR) is 76.1 cm³/mol. The van der Waals surface area contributed by atoms with Crippen molar-refractivity contribution in [3.8, 4) is 11.8 Å². The van der Waals surface area contributed by atoms with Gasteiger partial charge in [-0.15, -0.1) is 0 Å². The molecule has 1 aromatic rings. The topological polar surface area (TPSA) is 76.8 Å². The van der Waals surface area contributed by atoms with E-state index in [0.717, 1.165) is 0 Å². The lowest BCUT2D eigenvalue weighted by atomic mass is 10.1. The molecule has 0 aliphatic rings. The number of ether oxygens (including phenoxy) is 1. The minimum Gasteiger partial charge on any atom is -0.497 e. The number of likely N-dealkylation sites (N-methyl/N-ethyl adjacent to an activating group) is 1. The average molecular weight is 277 g/mol. The third-order valence-corrected chi connectivity index (χ3v) is 2.81. The fourth-order valence-electron chi connectivity index (χ4n) is 1.76. The maximum absolute atomic E-state index is 11.0. The molecule has 0 aromatic heterocycles. The van der Waals surface area contributed by atoms with Crippen molar-refractivity contribution >= 4 is 11.7 Å². The van der Waals surface area contributed by atoms with Gasteiger partial charge in [0, 0.05) is 19.2 Å². The Hall–Kier alpha value is -2.26. The number of methoxy groups -OCH3 is 1. The molecule has 1 N–H and O–H groups in total. The fraction of sp³-hybridized carbons (Fsp3) is 0.429. The van der Waals surface area contributed by atoms with Crippen LogP contribution >= 0.6 is 0 Å². The van der Waals surface area contributed by atoms with E-state index in [1.807, 2.05) is 19.0 Å². The highest BCUT2D eigenvalue weighted by molar-refractivity contribution is 5.75. The summed E-state index contributed by atoms with van der Waals surface area (Å²) in [4.78, 5) is 14.6. The quantitative estimate of drug-likeness (QED) is 0.802. The first kappa shape index (κ1) is 15.8. The molecule has 0 radical (unpaired) electrons. The molecular weight excluding hydrogens is 258 g/mol. The van der Waals surface area contributed by atoms with Crippen LogP contribution in [0.5, 0.6) is 5.75 Å². The van der Waals surface area contributed by atoms with Crippen LogP contribution in [0.3, 0.4) is 0 Å². The molecule has 0 atom stereocenters. The third-order valence-electron chi connectivity index (χ3n) is 2.81. The number of carbonyl (C=O) groups is 1. The van der Waals surface area contributed by atoms with E-state index in [2.05, 4.69) is 6.07 Å². The summed E-state index contributed by atoms with van der Waals surface area (Å²) in [6.07, 6.45) is 0. The highest BCUT2D eigenvalue weighted by atomic mass is 16.5. The summed E-state index contributed by atoms with van der Waals surface area (Å²) in [5.41, 5.74) is 1.02. The molecule has 0 bridgehead atoms. The van der Waals surface area contributed by atoms with E-state index in [9.17, 15) is 4.79 Å². The Kier molecular flexibility index (Phi) is 5.81. The van der Waals surface area contributed by atoms with E-state index >= 15 is 0 Å². The number of benzene rings is 1. The van der Waals surface area contributed by atoms with E-state index in [-0.39, 0.29) is 6.54 Å². The second kappa shape index (κ2) is 7.36. The van der Waals surface area contributed by atoms with Crippen molar-refractivity contribution in [1.82, 2.24) is 4.90 Å². The van der Waals surface area contributed by atoms with Crippen LogP contribution in [0.15, 0.2) is 18.2 Å². The summed E-state index contributed by atoms with van der Waals surface area (Å²) >= 11 is 0. The number of carboxylic acid groups (broad SMARTS) is 1. The van der Waals surface area contributed by atoms with Crippen molar-refractivity contribution in [3.63, 3.8) is 0 Å². The van der Waals surface area contributed by atoms with Crippen LogP contribution in [-0.4, -0.2) is 56.8 Å². The van der Waals surface area contributed by atoms with Crippen molar-refractivity contribution < 1.29 is 14.6 Å². The minimum absolute atomic E-state index is 0.157. The van der Waals surface area contributed by atoms with Crippen LogP contribution in [-0.2, 0) is 4.79 Å². The molecule has 20 heavy (non-hydrogen) atoms. The normalized spacial score (nSPS) is 10.2. The van der Waals surface area contributed by atoms with Crippen LogP contribution < -0.4 is 9.64 Å². The molecule has 0 unspecified atom stereocenters. The van der Waals surface area contributed by atoms with Crippen molar-refractivity contribution in [3.05, 3.63) is 23.8 Å². The lowest BCUT2D eigenvalue weighted by Crippen LogP contribution is -2.36. The maximum atomic E-state index is 11.0. The molecular formula is C14H19N3O3. The first-order valence-electron chi connectivity index (χ1n) is 6.17. The molecule has 0 amide bonds. The summed E-state index contributed by atoms with van der Waals surface area (Å²) < 4.78 is 5.14.